The van der Waals surface area contributed by atoms with Gasteiger partial charge in [-0.25, -0.2) is 0 Å². The van der Waals surface area contributed by atoms with Crippen molar-refractivity contribution >= 4 is 21.7 Å². The van der Waals surface area contributed by atoms with E-state index < -0.39 is 10.1 Å². The molecule has 0 aliphatic carbocycles. The zero-order chi connectivity index (χ0) is 18.9. The summed E-state index contributed by atoms with van der Waals surface area (Å²) in [5.74, 6) is 0.298. The van der Waals surface area contributed by atoms with Crippen LogP contribution in [-0.4, -0.2) is 20.9 Å². The lowest BCUT2D eigenvalue weighted by Crippen LogP contribution is -2.25. The zero-order valence-corrected chi connectivity index (χ0v) is 14.9. The Kier molecular flexibility index (Phi) is 4.29. The Labute approximate surface area is 156 Å². The lowest BCUT2D eigenvalue weighted by atomic mass is 10.1. The first-order valence-corrected chi connectivity index (χ1v) is 9.59. The summed E-state index contributed by atoms with van der Waals surface area (Å²) >= 11 is 0. The average Bonchev–Trinajstić information content (AvgIpc) is 2.68. The number of rotatable bonds is 4. The van der Waals surface area contributed by atoms with E-state index in [2.05, 4.69) is 5.32 Å². The molecule has 0 saturated heterocycles. The number of carbonyl (C=O) groups excluding carboxylic acids is 1. The van der Waals surface area contributed by atoms with Crippen LogP contribution in [0.1, 0.15) is 0 Å². The summed E-state index contributed by atoms with van der Waals surface area (Å²) in [5, 5.41) is 2.59. The van der Waals surface area contributed by atoms with Gasteiger partial charge in [0.2, 0.25) is 0 Å². The van der Waals surface area contributed by atoms with Crippen LogP contribution < -0.4 is 14.2 Å². The van der Waals surface area contributed by atoms with Crippen LogP contribution in [0.15, 0.2) is 77.7 Å². The Morgan fingerprint density at radius 1 is 0.926 bits per heavy atom. The van der Waals surface area contributed by atoms with Crippen LogP contribution in [0.4, 0.5) is 5.69 Å². The second-order valence-corrected chi connectivity index (χ2v) is 7.44. The zero-order valence-electron chi connectivity index (χ0n) is 14.1. The van der Waals surface area contributed by atoms with E-state index in [0.29, 0.717) is 17.0 Å². The van der Waals surface area contributed by atoms with Gasteiger partial charge in [0, 0.05) is 5.56 Å². The molecule has 0 unspecified atom stereocenters. The SMILES string of the molecule is O=C1COc2ccc(S(=O)(=O)Oc3ccccc3-c3ccccc3)cc2N1. The maximum Gasteiger partial charge on any atom is 0.339 e. The standard InChI is InChI=1S/C20H15NO5S/c22-20-13-25-19-11-10-15(12-17(19)21-20)27(23,24)26-18-9-5-4-8-16(18)14-6-2-1-3-7-14/h1-12H,13H2,(H,21,22). The van der Waals surface area contributed by atoms with E-state index in [1.165, 1.54) is 18.2 Å². The number of nitrogens with one attached hydrogen (secondary N) is 1. The topological polar surface area (TPSA) is 81.7 Å². The van der Waals surface area contributed by atoms with Crippen molar-refractivity contribution in [1.82, 2.24) is 0 Å². The highest BCUT2D eigenvalue weighted by molar-refractivity contribution is 7.87. The van der Waals surface area contributed by atoms with E-state index in [1.807, 2.05) is 36.4 Å². The van der Waals surface area contributed by atoms with Crippen LogP contribution in [0.5, 0.6) is 11.5 Å². The Morgan fingerprint density at radius 2 is 1.67 bits per heavy atom. The van der Waals surface area contributed by atoms with E-state index in [-0.39, 0.29) is 23.2 Å². The van der Waals surface area contributed by atoms with Crippen LogP contribution in [0.2, 0.25) is 0 Å². The first-order valence-electron chi connectivity index (χ1n) is 8.18. The van der Waals surface area contributed by atoms with Crippen molar-refractivity contribution in [2.24, 2.45) is 0 Å². The molecule has 1 amide bonds. The minimum atomic E-state index is -4.10. The molecule has 0 saturated carbocycles. The van der Waals surface area contributed by atoms with Crippen molar-refractivity contribution < 1.29 is 22.1 Å². The largest absolute Gasteiger partial charge is 0.482 e. The molecule has 136 valence electrons. The molecule has 3 aromatic rings. The molecule has 1 heterocycles. The molecule has 1 aliphatic heterocycles. The van der Waals surface area contributed by atoms with Crippen LogP contribution >= 0.6 is 0 Å². The molecule has 0 bridgehead atoms. The van der Waals surface area contributed by atoms with Crippen LogP contribution in [0, 0.1) is 0 Å². The Morgan fingerprint density at radius 3 is 2.48 bits per heavy atom. The third-order valence-corrected chi connectivity index (χ3v) is 5.27. The van der Waals surface area contributed by atoms with E-state index in [1.54, 1.807) is 18.2 Å². The number of fused-ring (bicyclic) bond motifs is 1. The number of hydrogen-bond donors (Lipinski definition) is 1. The molecule has 0 radical (unpaired) electrons. The fourth-order valence-corrected chi connectivity index (χ4v) is 3.75. The fourth-order valence-electron chi connectivity index (χ4n) is 2.78. The first-order chi connectivity index (χ1) is 13.0. The molecule has 0 aromatic heterocycles. The molecule has 27 heavy (non-hydrogen) atoms. The Bertz CT molecular complexity index is 1110. The molecule has 1 N–H and O–H groups in total. The third kappa shape index (κ3) is 3.50. The molecule has 6 nitrogen and oxygen atoms in total. The number of amides is 1. The van der Waals surface area contributed by atoms with Crippen molar-refractivity contribution in [2.45, 2.75) is 4.90 Å². The summed E-state index contributed by atoms with van der Waals surface area (Å²) in [6.45, 7) is -0.0972. The molecule has 0 atom stereocenters. The van der Waals surface area contributed by atoms with Gasteiger partial charge in [-0.05, 0) is 29.8 Å². The summed E-state index contributed by atoms with van der Waals surface area (Å²) in [5.41, 5.74) is 1.80. The van der Waals surface area contributed by atoms with Gasteiger partial charge >= 0.3 is 10.1 Å². The number of ether oxygens (including phenoxy) is 1. The summed E-state index contributed by atoms with van der Waals surface area (Å²) in [6, 6.07) is 20.5. The molecule has 0 spiro atoms. The van der Waals surface area contributed by atoms with Gasteiger partial charge in [0.25, 0.3) is 5.91 Å². The maximum absolute atomic E-state index is 12.8. The highest BCUT2D eigenvalue weighted by Crippen LogP contribution is 2.34. The summed E-state index contributed by atoms with van der Waals surface area (Å²) in [7, 11) is -4.10. The molecule has 4 rings (SSSR count). The van der Waals surface area contributed by atoms with Gasteiger partial charge in [0.15, 0.2) is 12.4 Å². The van der Waals surface area contributed by atoms with Crippen molar-refractivity contribution in [3.05, 3.63) is 72.8 Å². The first kappa shape index (κ1) is 17.1. The van der Waals surface area contributed by atoms with Crippen LogP contribution in [0.3, 0.4) is 0 Å². The predicted molar refractivity (Wildman–Crippen MR) is 100 cm³/mol. The van der Waals surface area contributed by atoms with Crippen molar-refractivity contribution in [3.8, 4) is 22.6 Å². The Balaban J connectivity index is 1.69. The van der Waals surface area contributed by atoms with Crippen LogP contribution in [0.25, 0.3) is 11.1 Å². The monoisotopic (exact) mass is 381 g/mol. The Hall–Kier alpha value is -3.32. The van der Waals surface area contributed by atoms with Gasteiger partial charge < -0.3 is 14.2 Å². The summed E-state index contributed by atoms with van der Waals surface area (Å²) in [6.07, 6.45) is 0. The van der Waals surface area contributed by atoms with E-state index >= 15 is 0 Å². The van der Waals surface area contributed by atoms with E-state index in [4.69, 9.17) is 8.92 Å². The molecular weight excluding hydrogens is 366 g/mol. The molecule has 1 aliphatic rings. The van der Waals surface area contributed by atoms with Gasteiger partial charge in [-0.2, -0.15) is 8.42 Å². The van der Waals surface area contributed by atoms with Gasteiger partial charge in [-0.15, -0.1) is 0 Å². The van der Waals surface area contributed by atoms with E-state index in [9.17, 15) is 13.2 Å². The van der Waals surface area contributed by atoms with E-state index in [0.717, 1.165) is 5.56 Å². The van der Waals surface area contributed by atoms with Gasteiger partial charge in [0.05, 0.1) is 5.69 Å². The number of benzene rings is 3. The fraction of sp³-hybridized carbons (Fsp3) is 0.0500. The van der Waals surface area contributed by atoms with Crippen molar-refractivity contribution in [3.63, 3.8) is 0 Å². The molecule has 0 fully saturated rings. The molecule has 7 heteroatoms. The average molecular weight is 381 g/mol. The number of carbonyl (C=O) groups is 1. The number of anilines is 1. The highest BCUT2D eigenvalue weighted by atomic mass is 32.2. The van der Waals surface area contributed by atoms with Crippen molar-refractivity contribution in [2.75, 3.05) is 11.9 Å². The minimum absolute atomic E-state index is 0.0742. The van der Waals surface area contributed by atoms with Gasteiger partial charge in [0.1, 0.15) is 10.6 Å². The van der Waals surface area contributed by atoms with Gasteiger partial charge in [-0.3, -0.25) is 4.79 Å². The highest BCUT2D eigenvalue weighted by Gasteiger charge is 2.23. The predicted octanol–water partition coefficient (Wildman–Crippen LogP) is 3.45. The lowest BCUT2D eigenvalue weighted by Gasteiger charge is -2.18. The lowest BCUT2D eigenvalue weighted by molar-refractivity contribution is -0.118. The minimum Gasteiger partial charge on any atom is -0.482 e. The smallest absolute Gasteiger partial charge is 0.339 e. The maximum atomic E-state index is 12.8. The van der Waals surface area contributed by atoms with Crippen molar-refractivity contribution in [1.29, 1.82) is 0 Å². The quantitative estimate of drug-likeness (QED) is 0.700. The summed E-state index contributed by atoms with van der Waals surface area (Å²) in [4.78, 5) is 11.4. The van der Waals surface area contributed by atoms with Crippen LogP contribution in [-0.2, 0) is 14.9 Å². The number of para-hydroxylation sites is 1. The molecule has 3 aromatic carbocycles. The molecular formula is C20H15NO5S. The second kappa shape index (κ2) is 6.77. The second-order valence-electron chi connectivity index (χ2n) is 5.89. The third-order valence-electron chi connectivity index (χ3n) is 4.04. The van der Waals surface area contributed by atoms with Gasteiger partial charge in [-0.1, -0.05) is 48.5 Å². The number of hydrogen-bond acceptors (Lipinski definition) is 5. The summed E-state index contributed by atoms with van der Waals surface area (Å²) < 4.78 is 36.2. The normalized spacial score (nSPS) is 13.3.